The van der Waals surface area contributed by atoms with Gasteiger partial charge in [0.1, 0.15) is 6.07 Å². The minimum atomic E-state index is -0.202. The Bertz CT molecular complexity index is 371. The molecule has 0 saturated heterocycles. The van der Waals surface area contributed by atoms with Crippen molar-refractivity contribution in [2.24, 2.45) is 0 Å². The van der Waals surface area contributed by atoms with Crippen molar-refractivity contribution in [3.8, 4) is 6.07 Å². The zero-order valence-corrected chi connectivity index (χ0v) is 9.32. The molecule has 2 heteroatoms. The summed E-state index contributed by atoms with van der Waals surface area (Å²) in [4.78, 5) is 10.9. The van der Waals surface area contributed by atoms with Crippen molar-refractivity contribution in [2.45, 2.75) is 20.8 Å². The molecule has 0 radical (unpaired) electrons. The fourth-order valence-corrected chi connectivity index (χ4v) is 0.929. The van der Waals surface area contributed by atoms with E-state index in [-0.39, 0.29) is 11.4 Å². The molecule has 0 N–H and O–H groups in total. The number of hydrogen-bond acceptors (Lipinski definition) is 2. The molecule has 0 aliphatic carbocycles. The van der Waals surface area contributed by atoms with E-state index in [0.29, 0.717) is 0 Å². The number of nitrogens with zero attached hydrogens (tertiary/aromatic N) is 1. The molecule has 0 bridgehead atoms. The standard InChI is InChI=1S/C11H9NO.C2H6/c1-9(13)11(8-12)7-10-5-3-2-4-6-10;1-2/h2-7H,1H3;1-2H3. The average Bonchev–Trinajstić information content (AvgIpc) is 2.29. The van der Waals surface area contributed by atoms with Gasteiger partial charge in [-0.1, -0.05) is 44.2 Å². The van der Waals surface area contributed by atoms with Gasteiger partial charge in [-0.05, 0) is 18.6 Å². The van der Waals surface area contributed by atoms with E-state index in [1.807, 2.05) is 50.2 Å². The molecule has 0 amide bonds. The third kappa shape index (κ3) is 4.78. The number of ketones is 1. The number of nitriles is 1. The summed E-state index contributed by atoms with van der Waals surface area (Å²) in [5.41, 5.74) is 1.06. The Kier molecular flexibility index (Phi) is 6.57. The quantitative estimate of drug-likeness (QED) is 0.544. The van der Waals surface area contributed by atoms with Gasteiger partial charge in [0, 0.05) is 0 Å². The van der Waals surface area contributed by atoms with Gasteiger partial charge >= 0.3 is 0 Å². The normalized spacial score (nSPS) is 9.60. The Balaban J connectivity index is 0.000000921. The molecular weight excluding hydrogens is 186 g/mol. The Morgan fingerprint density at radius 1 is 1.27 bits per heavy atom. The van der Waals surface area contributed by atoms with Crippen LogP contribution in [0, 0.1) is 11.3 Å². The summed E-state index contributed by atoms with van der Waals surface area (Å²) in [7, 11) is 0. The average molecular weight is 201 g/mol. The lowest BCUT2D eigenvalue weighted by molar-refractivity contribution is -0.113. The molecule has 0 saturated carbocycles. The van der Waals surface area contributed by atoms with E-state index in [1.54, 1.807) is 6.08 Å². The second-order valence-corrected chi connectivity index (χ2v) is 2.64. The van der Waals surface area contributed by atoms with Gasteiger partial charge in [0.25, 0.3) is 0 Å². The van der Waals surface area contributed by atoms with Gasteiger partial charge in [0.05, 0.1) is 5.57 Å². The lowest BCUT2D eigenvalue weighted by Crippen LogP contribution is -1.92. The van der Waals surface area contributed by atoms with Crippen molar-refractivity contribution in [2.75, 3.05) is 0 Å². The van der Waals surface area contributed by atoms with E-state index < -0.39 is 0 Å². The van der Waals surface area contributed by atoms with E-state index in [1.165, 1.54) is 6.92 Å². The largest absolute Gasteiger partial charge is 0.294 e. The van der Waals surface area contributed by atoms with Crippen LogP contribution >= 0.6 is 0 Å². The molecule has 0 fully saturated rings. The first kappa shape index (κ1) is 13.1. The lowest BCUT2D eigenvalue weighted by atomic mass is 10.1. The molecule has 15 heavy (non-hydrogen) atoms. The third-order valence-electron chi connectivity index (χ3n) is 1.61. The van der Waals surface area contributed by atoms with E-state index in [4.69, 9.17) is 5.26 Å². The Morgan fingerprint density at radius 3 is 2.20 bits per heavy atom. The van der Waals surface area contributed by atoms with Crippen molar-refractivity contribution >= 4 is 11.9 Å². The van der Waals surface area contributed by atoms with Crippen molar-refractivity contribution in [1.29, 1.82) is 5.26 Å². The molecule has 1 aromatic carbocycles. The second-order valence-electron chi connectivity index (χ2n) is 2.64. The van der Waals surface area contributed by atoms with Crippen LogP contribution in [0.5, 0.6) is 0 Å². The molecule has 0 spiro atoms. The maximum absolute atomic E-state index is 10.9. The van der Waals surface area contributed by atoms with Crippen LogP contribution in [0.2, 0.25) is 0 Å². The fourth-order valence-electron chi connectivity index (χ4n) is 0.929. The third-order valence-corrected chi connectivity index (χ3v) is 1.61. The highest BCUT2D eigenvalue weighted by molar-refractivity contribution is 6.01. The second kappa shape index (κ2) is 7.52. The van der Waals surface area contributed by atoms with Crippen LogP contribution in [0.1, 0.15) is 26.3 Å². The fraction of sp³-hybridized carbons (Fsp3) is 0.231. The summed E-state index contributed by atoms with van der Waals surface area (Å²) in [6.07, 6.45) is 1.59. The highest BCUT2D eigenvalue weighted by Crippen LogP contribution is 2.06. The molecule has 1 aromatic rings. The van der Waals surface area contributed by atoms with E-state index in [9.17, 15) is 4.79 Å². The molecule has 0 aliphatic heterocycles. The van der Waals surface area contributed by atoms with Crippen molar-refractivity contribution in [3.05, 3.63) is 41.5 Å². The van der Waals surface area contributed by atoms with Crippen molar-refractivity contribution < 1.29 is 4.79 Å². The Labute approximate surface area is 90.9 Å². The summed E-state index contributed by atoms with van der Waals surface area (Å²) < 4.78 is 0. The maximum atomic E-state index is 10.9. The minimum absolute atomic E-state index is 0.186. The number of carbonyl (C=O) groups excluding carboxylic acids is 1. The zero-order chi connectivity index (χ0) is 11.7. The first-order valence-corrected chi connectivity index (χ1v) is 4.92. The van der Waals surface area contributed by atoms with Crippen molar-refractivity contribution in [1.82, 2.24) is 0 Å². The predicted molar refractivity (Wildman–Crippen MR) is 62.1 cm³/mol. The Hall–Kier alpha value is -1.88. The van der Waals surface area contributed by atoms with Crippen LogP contribution < -0.4 is 0 Å². The van der Waals surface area contributed by atoms with Gasteiger partial charge in [0.2, 0.25) is 0 Å². The summed E-state index contributed by atoms with van der Waals surface area (Å²) in [6.45, 7) is 5.39. The van der Waals surface area contributed by atoms with Crippen LogP contribution in [0.15, 0.2) is 35.9 Å². The molecule has 0 atom stereocenters. The van der Waals surface area contributed by atoms with Gasteiger partial charge in [-0.15, -0.1) is 0 Å². The highest BCUT2D eigenvalue weighted by Gasteiger charge is 2.00. The van der Waals surface area contributed by atoms with Crippen LogP contribution in [0.4, 0.5) is 0 Å². The van der Waals surface area contributed by atoms with Crippen LogP contribution in [-0.4, -0.2) is 5.78 Å². The zero-order valence-electron chi connectivity index (χ0n) is 9.32. The van der Waals surface area contributed by atoms with Crippen LogP contribution in [-0.2, 0) is 4.79 Å². The van der Waals surface area contributed by atoms with Gasteiger partial charge < -0.3 is 0 Å². The first-order valence-electron chi connectivity index (χ1n) is 4.92. The molecule has 0 heterocycles. The number of hydrogen-bond donors (Lipinski definition) is 0. The van der Waals surface area contributed by atoms with Crippen LogP contribution in [0.3, 0.4) is 0 Å². The number of carbonyl (C=O) groups is 1. The number of benzene rings is 1. The number of rotatable bonds is 2. The number of Topliss-reactive ketones (excluding diaryl/α,β-unsaturated/α-hetero) is 1. The monoisotopic (exact) mass is 201 g/mol. The van der Waals surface area contributed by atoms with Gasteiger partial charge in [-0.3, -0.25) is 4.79 Å². The molecule has 0 aliphatic rings. The summed E-state index contributed by atoms with van der Waals surface area (Å²) in [5, 5.41) is 8.62. The minimum Gasteiger partial charge on any atom is -0.294 e. The maximum Gasteiger partial charge on any atom is 0.170 e. The molecule has 0 aromatic heterocycles. The lowest BCUT2D eigenvalue weighted by Gasteiger charge is -1.92. The van der Waals surface area contributed by atoms with Crippen LogP contribution in [0.25, 0.3) is 6.08 Å². The van der Waals surface area contributed by atoms with Gasteiger partial charge in [-0.25, -0.2) is 0 Å². The molecule has 78 valence electrons. The molecule has 2 nitrogen and oxygen atoms in total. The SMILES string of the molecule is CC.CC(=O)C(C#N)=Cc1ccccc1. The predicted octanol–water partition coefficient (Wildman–Crippen LogP) is 3.21. The smallest absolute Gasteiger partial charge is 0.170 e. The first-order chi connectivity index (χ1) is 7.24. The molecular formula is C13H15NO. The molecule has 0 unspecified atom stereocenters. The molecule has 1 rings (SSSR count). The van der Waals surface area contributed by atoms with E-state index in [2.05, 4.69) is 0 Å². The van der Waals surface area contributed by atoms with E-state index in [0.717, 1.165) is 5.56 Å². The summed E-state index contributed by atoms with van der Waals surface area (Å²) >= 11 is 0. The van der Waals surface area contributed by atoms with E-state index >= 15 is 0 Å². The van der Waals surface area contributed by atoms with Gasteiger partial charge in [-0.2, -0.15) is 5.26 Å². The highest BCUT2D eigenvalue weighted by atomic mass is 16.1. The summed E-state index contributed by atoms with van der Waals surface area (Å²) in [5.74, 6) is -0.202. The summed E-state index contributed by atoms with van der Waals surface area (Å²) in [6, 6.07) is 11.2. The number of allylic oxidation sites excluding steroid dienone is 1. The Morgan fingerprint density at radius 2 is 1.80 bits per heavy atom. The van der Waals surface area contributed by atoms with Crippen molar-refractivity contribution in [3.63, 3.8) is 0 Å². The van der Waals surface area contributed by atoms with Gasteiger partial charge in [0.15, 0.2) is 5.78 Å². The topological polar surface area (TPSA) is 40.9 Å².